The highest BCUT2D eigenvalue weighted by atomic mass is 79.9. The Bertz CT molecular complexity index is 389. The van der Waals surface area contributed by atoms with Gasteiger partial charge in [-0.15, -0.1) is 0 Å². The van der Waals surface area contributed by atoms with Crippen LogP contribution in [0.4, 0.5) is 0 Å². The SMILES string of the molecule is N#Cc1ccc(CC2CCCN2)c(Br)c1. The Hall–Kier alpha value is -0.850. The number of nitriles is 1. The molecule has 1 aromatic carbocycles. The fourth-order valence-electron chi connectivity index (χ4n) is 1.98. The van der Waals surface area contributed by atoms with Crippen molar-refractivity contribution in [2.45, 2.75) is 25.3 Å². The van der Waals surface area contributed by atoms with Gasteiger partial charge in [-0.05, 0) is 43.5 Å². The second-order valence-corrected chi connectivity index (χ2v) is 4.77. The van der Waals surface area contributed by atoms with Crippen molar-refractivity contribution in [1.29, 1.82) is 5.26 Å². The van der Waals surface area contributed by atoms with Crippen LogP contribution in [0.15, 0.2) is 22.7 Å². The fourth-order valence-corrected chi connectivity index (χ4v) is 2.52. The number of hydrogen-bond acceptors (Lipinski definition) is 2. The molecule has 0 aliphatic carbocycles. The molecule has 1 aliphatic heterocycles. The minimum Gasteiger partial charge on any atom is -0.314 e. The summed E-state index contributed by atoms with van der Waals surface area (Å²) in [6, 6.07) is 8.57. The molecule has 1 saturated heterocycles. The predicted octanol–water partition coefficient (Wildman–Crippen LogP) is 2.62. The average Bonchev–Trinajstić information content (AvgIpc) is 2.74. The first-order valence-corrected chi connectivity index (χ1v) is 6.01. The van der Waals surface area contributed by atoms with E-state index in [9.17, 15) is 0 Å². The van der Waals surface area contributed by atoms with Crippen molar-refractivity contribution in [2.24, 2.45) is 0 Å². The Morgan fingerprint density at radius 3 is 3.00 bits per heavy atom. The van der Waals surface area contributed by atoms with Gasteiger partial charge in [0.05, 0.1) is 11.6 Å². The second-order valence-electron chi connectivity index (χ2n) is 3.92. The van der Waals surface area contributed by atoms with Crippen LogP contribution in [0.25, 0.3) is 0 Å². The van der Waals surface area contributed by atoms with Gasteiger partial charge in [0.2, 0.25) is 0 Å². The van der Waals surface area contributed by atoms with Gasteiger partial charge in [0.25, 0.3) is 0 Å². The Balaban J connectivity index is 2.11. The number of benzene rings is 1. The molecule has 2 rings (SSSR count). The summed E-state index contributed by atoms with van der Waals surface area (Å²) in [6.45, 7) is 1.14. The molecule has 1 aromatic rings. The molecule has 0 saturated carbocycles. The highest BCUT2D eigenvalue weighted by Gasteiger charge is 2.15. The first-order chi connectivity index (χ1) is 7.29. The van der Waals surface area contributed by atoms with Gasteiger partial charge in [-0.25, -0.2) is 0 Å². The van der Waals surface area contributed by atoms with E-state index >= 15 is 0 Å². The average molecular weight is 265 g/mol. The molecule has 0 spiro atoms. The van der Waals surface area contributed by atoms with Crippen molar-refractivity contribution in [1.82, 2.24) is 5.32 Å². The van der Waals surface area contributed by atoms with Crippen molar-refractivity contribution in [3.8, 4) is 6.07 Å². The summed E-state index contributed by atoms with van der Waals surface area (Å²) in [7, 11) is 0. The van der Waals surface area contributed by atoms with Gasteiger partial charge in [0.1, 0.15) is 0 Å². The van der Waals surface area contributed by atoms with Gasteiger partial charge in [-0.2, -0.15) is 5.26 Å². The van der Waals surface area contributed by atoms with Crippen LogP contribution >= 0.6 is 15.9 Å². The molecule has 1 fully saturated rings. The zero-order chi connectivity index (χ0) is 10.7. The molecule has 1 heterocycles. The summed E-state index contributed by atoms with van der Waals surface area (Å²) in [5.74, 6) is 0. The molecule has 0 aromatic heterocycles. The molecule has 78 valence electrons. The van der Waals surface area contributed by atoms with Crippen molar-refractivity contribution >= 4 is 15.9 Å². The molecule has 1 unspecified atom stereocenters. The lowest BCUT2D eigenvalue weighted by atomic mass is 10.0. The van der Waals surface area contributed by atoms with Crippen molar-refractivity contribution in [3.63, 3.8) is 0 Å². The third-order valence-corrected chi connectivity index (χ3v) is 3.55. The summed E-state index contributed by atoms with van der Waals surface area (Å²) in [5.41, 5.74) is 2.00. The maximum atomic E-state index is 8.75. The molecule has 1 N–H and O–H groups in total. The number of hydrogen-bond donors (Lipinski definition) is 1. The maximum absolute atomic E-state index is 8.75. The van der Waals surface area contributed by atoms with Crippen LogP contribution < -0.4 is 5.32 Å². The van der Waals surface area contributed by atoms with Crippen LogP contribution in [0, 0.1) is 11.3 Å². The van der Waals surface area contributed by atoms with E-state index in [1.807, 2.05) is 18.2 Å². The summed E-state index contributed by atoms with van der Waals surface area (Å²) < 4.78 is 1.05. The Morgan fingerprint density at radius 2 is 2.40 bits per heavy atom. The first-order valence-electron chi connectivity index (χ1n) is 5.21. The van der Waals surface area contributed by atoms with Crippen LogP contribution in [-0.4, -0.2) is 12.6 Å². The van der Waals surface area contributed by atoms with Crippen LogP contribution in [0.2, 0.25) is 0 Å². The molecule has 1 atom stereocenters. The second kappa shape index (κ2) is 4.78. The standard InChI is InChI=1S/C12H13BrN2/c13-12-6-9(8-14)3-4-10(12)7-11-2-1-5-15-11/h3-4,6,11,15H,1-2,5,7H2. The molecular formula is C12H13BrN2. The lowest BCUT2D eigenvalue weighted by Crippen LogP contribution is -2.23. The van der Waals surface area contributed by atoms with Crippen LogP contribution in [0.3, 0.4) is 0 Å². The molecule has 15 heavy (non-hydrogen) atoms. The summed E-state index contributed by atoms with van der Waals surface area (Å²) in [4.78, 5) is 0. The van der Waals surface area contributed by atoms with Crippen molar-refractivity contribution < 1.29 is 0 Å². The maximum Gasteiger partial charge on any atom is 0.0992 e. The highest BCUT2D eigenvalue weighted by molar-refractivity contribution is 9.10. The van der Waals surface area contributed by atoms with Crippen molar-refractivity contribution in [2.75, 3.05) is 6.54 Å². The molecule has 2 nitrogen and oxygen atoms in total. The van der Waals surface area contributed by atoms with Gasteiger partial charge in [0.15, 0.2) is 0 Å². The van der Waals surface area contributed by atoms with E-state index in [4.69, 9.17) is 5.26 Å². The van der Waals surface area contributed by atoms with Gasteiger partial charge >= 0.3 is 0 Å². The molecule has 0 amide bonds. The van der Waals surface area contributed by atoms with E-state index in [0.29, 0.717) is 11.6 Å². The normalized spacial score (nSPS) is 20.1. The van der Waals surface area contributed by atoms with Crippen LogP contribution in [-0.2, 0) is 6.42 Å². The van der Waals surface area contributed by atoms with E-state index in [2.05, 4.69) is 27.3 Å². The summed E-state index contributed by atoms with van der Waals surface area (Å²) in [6.07, 6.45) is 3.58. The third-order valence-electron chi connectivity index (χ3n) is 2.81. The Labute approximate surface area is 98.4 Å². The molecule has 0 radical (unpaired) electrons. The van der Waals surface area contributed by atoms with Crippen molar-refractivity contribution in [3.05, 3.63) is 33.8 Å². The molecule has 3 heteroatoms. The van der Waals surface area contributed by atoms with Gasteiger partial charge in [-0.3, -0.25) is 0 Å². The van der Waals surface area contributed by atoms with Gasteiger partial charge in [0, 0.05) is 10.5 Å². The predicted molar refractivity (Wildman–Crippen MR) is 63.6 cm³/mol. The highest BCUT2D eigenvalue weighted by Crippen LogP contribution is 2.21. The minimum atomic E-state index is 0.606. The topological polar surface area (TPSA) is 35.8 Å². The molecule has 0 bridgehead atoms. The van der Waals surface area contributed by atoms with Crippen LogP contribution in [0.1, 0.15) is 24.0 Å². The van der Waals surface area contributed by atoms with Gasteiger partial charge in [-0.1, -0.05) is 22.0 Å². The lowest BCUT2D eigenvalue weighted by molar-refractivity contribution is 0.602. The quantitative estimate of drug-likeness (QED) is 0.892. The fraction of sp³-hybridized carbons (Fsp3) is 0.417. The molecular weight excluding hydrogens is 252 g/mol. The van der Waals surface area contributed by atoms with E-state index in [-0.39, 0.29) is 0 Å². The molecule has 1 aliphatic rings. The van der Waals surface area contributed by atoms with Crippen LogP contribution in [0.5, 0.6) is 0 Å². The summed E-state index contributed by atoms with van der Waals surface area (Å²) in [5, 5.41) is 12.2. The Morgan fingerprint density at radius 1 is 1.53 bits per heavy atom. The monoisotopic (exact) mass is 264 g/mol. The summed E-state index contributed by atoms with van der Waals surface area (Å²) >= 11 is 3.52. The minimum absolute atomic E-state index is 0.606. The smallest absolute Gasteiger partial charge is 0.0992 e. The van der Waals surface area contributed by atoms with E-state index in [0.717, 1.165) is 17.4 Å². The lowest BCUT2D eigenvalue weighted by Gasteiger charge is -2.11. The third kappa shape index (κ3) is 2.58. The largest absolute Gasteiger partial charge is 0.314 e. The van der Waals surface area contributed by atoms with E-state index < -0.39 is 0 Å². The zero-order valence-corrected chi connectivity index (χ0v) is 10.0. The number of nitrogens with one attached hydrogen (secondary N) is 1. The number of halogens is 1. The zero-order valence-electron chi connectivity index (χ0n) is 8.46. The number of rotatable bonds is 2. The number of nitrogens with zero attached hydrogens (tertiary/aromatic N) is 1. The van der Waals surface area contributed by atoms with E-state index in [1.165, 1.54) is 18.4 Å². The van der Waals surface area contributed by atoms with Gasteiger partial charge < -0.3 is 5.32 Å². The Kier molecular flexibility index (Phi) is 3.40. The van der Waals surface area contributed by atoms with E-state index in [1.54, 1.807) is 0 Å². The first kappa shape index (κ1) is 10.7.